The van der Waals surface area contributed by atoms with Crippen LogP contribution in [0.15, 0.2) is 12.2 Å². The van der Waals surface area contributed by atoms with Gasteiger partial charge in [-0.2, -0.15) is 0 Å². The van der Waals surface area contributed by atoms with Crippen LogP contribution in [0, 0.1) is 23.7 Å². The zero-order valence-corrected chi connectivity index (χ0v) is 7.59. The molecule has 4 nitrogen and oxygen atoms in total. The van der Waals surface area contributed by atoms with E-state index < -0.39 is 23.8 Å². The molecule has 0 aromatic carbocycles. The molecule has 14 heavy (non-hydrogen) atoms. The highest BCUT2D eigenvalue weighted by Crippen LogP contribution is 2.47. The first-order valence-corrected chi connectivity index (χ1v) is 4.73. The second-order valence-corrected chi connectivity index (χ2v) is 4.03. The van der Waals surface area contributed by atoms with Crippen molar-refractivity contribution >= 4 is 11.9 Å². The van der Waals surface area contributed by atoms with Gasteiger partial charge in [-0.3, -0.25) is 9.59 Å². The second-order valence-electron chi connectivity index (χ2n) is 4.03. The first-order valence-electron chi connectivity index (χ1n) is 4.73. The van der Waals surface area contributed by atoms with Crippen molar-refractivity contribution in [3.8, 4) is 0 Å². The molecule has 0 spiro atoms. The van der Waals surface area contributed by atoms with Crippen LogP contribution < -0.4 is 0 Å². The van der Waals surface area contributed by atoms with Gasteiger partial charge >= 0.3 is 11.9 Å². The van der Waals surface area contributed by atoms with E-state index in [-0.39, 0.29) is 18.3 Å². The van der Waals surface area contributed by atoms with Gasteiger partial charge in [-0.25, -0.2) is 0 Å². The number of hydrogen-bond donors (Lipinski definition) is 2. The molecule has 0 aliphatic heterocycles. The van der Waals surface area contributed by atoms with Gasteiger partial charge < -0.3 is 10.2 Å². The lowest BCUT2D eigenvalue weighted by molar-refractivity contribution is -0.143. The molecule has 0 amide bonds. The van der Waals surface area contributed by atoms with E-state index in [0.29, 0.717) is 6.42 Å². The topological polar surface area (TPSA) is 74.6 Å². The maximum absolute atomic E-state index is 10.9. The molecule has 4 heteroatoms. The molecule has 0 aromatic rings. The van der Waals surface area contributed by atoms with Gasteiger partial charge in [0, 0.05) is 0 Å². The molecule has 2 N–H and O–H groups in total. The highest BCUT2D eigenvalue weighted by Gasteiger charge is 2.49. The van der Waals surface area contributed by atoms with Gasteiger partial charge in [0.25, 0.3) is 0 Å². The van der Waals surface area contributed by atoms with E-state index in [4.69, 9.17) is 10.2 Å². The number of aliphatic carboxylic acids is 2. The number of hydrogen-bond acceptors (Lipinski definition) is 2. The van der Waals surface area contributed by atoms with Gasteiger partial charge in [0.05, 0.1) is 11.8 Å². The molecule has 0 heterocycles. The Balaban J connectivity index is 2.22. The normalized spacial score (nSPS) is 39.7. The Bertz CT molecular complexity index is 307. The number of carboxylic acid groups (broad SMARTS) is 2. The smallest absolute Gasteiger partial charge is 0.307 e. The van der Waals surface area contributed by atoms with Crippen LogP contribution in [0.1, 0.15) is 12.8 Å². The summed E-state index contributed by atoms with van der Waals surface area (Å²) in [6, 6.07) is 0. The molecule has 0 aromatic heterocycles. The van der Waals surface area contributed by atoms with Gasteiger partial charge in [0.15, 0.2) is 0 Å². The van der Waals surface area contributed by atoms with E-state index in [1.54, 1.807) is 0 Å². The van der Waals surface area contributed by atoms with Crippen LogP contribution in [0.5, 0.6) is 0 Å². The quantitative estimate of drug-likeness (QED) is 0.646. The van der Waals surface area contributed by atoms with Gasteiger partial charge in [-0.15, -0.1) is 0 Å². The van der Waals surface area contributed by atoms with Crippen molar-refractivity contribution in [3.63, 3.8) is 0 Å². The molecule has 4 atom stereocenters. The van der Waals surface area contributed by atoms with Crippen LogP contribution in [-0.4, -0.2) is 22.2 Å². The zero-order chi connectivity index (χ0) is 10.3. The monoisotopic (exact) mass is 196 g/mol. The molecule has 2 aliphatic rings. The summed E-state index contributed by atoms with van der Waals surface area (Å²) in [6.07, 6.45) is 4.77. The van der Waals surface area contributed by atoms with E-state index in [9.17, 15) is 9.59 Å². The standard InChI is InChI=1S/C10H12O4/c11-9(12)7-4-8(10(13)14)6-3-1-2-5(6)7/h1-2,5-8H,3-4H2,(H,11,12)(H,13,14)/t5-,6+,7+,8-/m1/s1. The summed E-state index contributed by atoms with van der Waals surface area (Å²) in [5.74, 6) is -2.75. The molecular weight excluding hydrogens is 184 g/mol. The Kier molecular flexibility index (Phi) is 2.06. The van der Waals surface area contributed by atoms with Gasteiger partial charge in [0.2, 0.25) is 0 Å². The highest BCUT2D eigenvalue weighted by atomic mass is 16.4. The summed E-state index contributed by atoms with van der Waals surface area (Å²) < 4.78 is 0. The van der Waals surface area contributed by atoms with Crippen LogP contribution >= 0.6 is 0 Å². The van der Waals surface area contributed by atoms with Crippen LogP contribution in [-0.2, 0) is 9.59 Å². The number of carboxylic acids is 2. The Hall–Kier alpha value is -1.32. The van der Waals surface area contributed by atoms with E-state index in [2.05, 4.69) is 0 Å². The van der Waals surface area contributed by atoms with Crippen LogP contribution in [0.3, 0.4) is 0 Å². The third-order valence-corrected chi connectivity index (χ3v) is 3.38. The van der Waals surface area contributed by atoms with Gasteiger partial charge in [-0.05, 0) is 24.7 Å². The third-order valence-electron chi connectivity index (χ3n) is 3.38. The van der Waals surface area contributed by atoms with Crippen molar-refractivity contribution < 1.29 is 19.8 Å². The van der Waals surface area contributed by atoms with Crippen LogP contribution in [0.25, 0.3) is 0 Å². The Morgan fingerprint density at radius 2 is 1.79 bits per heavy atom. The summed E-state index contributed by atoms with van der Waals surface area (Å²) in [6.45, 7) is 0. The number of rotatable bonds is 2. The Morgan fingerprint density at radius 1 is 1.14 bits per heavy atom. The summed E-state index contributed by atoms with van der Waals surface area (Å²) in [5, 5.41) is 17.9. The highest BCUT2D eigenvalue weighted by molar-refractivity contribution is 5.76. The van der Waals surface area contributed by atoms with Crippen molar-refractivity contribution in [2.24, 2.45) is 23.7 Å². The largest absolute Gasteiger partial charge is 0.481 e. The van der Waals surface area contributed by atoms with Crippen LogP contribution in [0.4, 0.5) is 0 Å². The summed E-state index contributed by atoms with van der Waals surface area (Å²) in [4.78, 5) is 21.8. The Labute approximate surface area is 81.2 Å². The summed E-state index contributed by atoms with van der Waals surface area (Å²) in [5.41, 5.74) is 0. The fraction of sp³-hybridized carbons (Fsp3) is 0.600. The molecule has 1 saturated carbocycles. The minimum Gasteiger partial charge on any atom is -0.481 e. The fourth-order valence-electron chi connectivity index (χ4n) is 2.71. The number of fused-ring (bicyclic) bond motifs is 1. The minimum atomic E-state index is -0.865. The molecule has 2 aliphatic carbocycles. The molecule has 0 unspecified atom stereocenters. The Morgan fingerprint density at radius 3 is 2.36 bits per heavy atom. The van der Waals surface area contributed by atoms with Crippen molar-refractivity contribution in [1.29, 1.82) is 0 Å². The molecule has 1 fully saturated rings. The average Bonchev–Trinajstić information content (AvgIpc) is 2.59. The van der Waals surface area contributed by atoms with E-state index in [1.807, 2.05) is 12.2 Å². The lowest BCUT2D eigenvalue weighted by atomic mass is 9.90. The zero-order valence-electron chi connectivity index (χ0n) is 7.59. The SMILES string of the molecule is O=C(O)[C@H]1C[C@@H](C(=O)O)[C@H]2CC=C[C@H]21. The molecule has 2 rings (SSSR count). The van der Waals surface area contributed by atoms with Gasteiger partial charge in [-0.1, -0.05) is 12.2 Å². The van der Waals surface area contributed by atoms with Crippen LogP contribution in [0.2, 0.25) is 0 Å². The van der Waals surface area contributed by atoms with Crippen molar-refractivity contribution in [3.05, 3.63) is 12.2 Å². The number of allylic oxidation sites excluding steroid dienone is 2. The van der Waals surface area contributed by atoms with E-state index >= 15 is 0 Å². The molecular formula is C10H12O4. The predicted octanol–water partition coefficient (Wildman–Crippen LogP) is 0.984. The predicted molar refractivity (Wildman–Crippen MR) is 47.6 cm³/mol. The van der Waals surface area contributed by atoms with Gasteiger partial charge in [0.1, 0.15) is 0 Å². The second kappa shape index (κ2) is 3.12. The summed E-state index contributed by atoms with van der Waals surface area (Å²) >= 11 is 0. The maximum atomic E-state index is 10.9. The average molecular weight is 196 g/mol. The lowest BCUT2D eigenvalue weighted by Crippen LogP contribution is -2.19. The molecule has 0 bridgehead atoms. The summed E-state index contributed by atoms with van der Waals surface area (Å²) in [7, 11) is 0. The van der Waals surface area contributed by atoms with E-state index in [0.717, 1.165) is 0 Å². The third kappa shape index (κ3) is 1.22. The number of carbonyl (C=O) groups is 2. The fourth-order valence-corrected chi connectivity index (χ4v) is 2.71. The first kappa shape index (κ1) is 9.24. The van der Waals surface area contributed by atoms with E-state index in [1.165, 1.54) is 0 Å². The maximum Gasteiger partial charge on any atom is 0.307 e. The van der Waals surface area contributed by atoms with Crippen molar-refractivity contribution in [2.75, 3.05) is 0 Å². The molecule has 0 saturated heterocycles. The van der Waals surface area contributed by atoms with Crippen molar-refractivity contribution in [2.45, 2.75) is 12.8 Å². The minimum absolute atomic E-state index is 0.00796. The molecule has 76 valence electrons. The lowest BCUT2D eigenvalue weighted by Gasteiger charge is -2.14. The first-order chi connectivity index (χ1) is 6.61. The molecule has 0 radical (unpaired) electrons. The van der Waals surface area contributed by atoms with Crippen molar-refractivity contribution in [1.82, 2.24) is 0 Å².